The number of hydrogen-bond donors (Lipinski definition) is 1. The first-order valence-electron chi connectivity index (χ1n) is 3.23. The minimum Gasteiger partial charge on any atom is -0.320 e. The van der Waals surface area contributed by atoms with Crippen LogP contribution in [-0.4, -0.2) is 0 Å². The van der Waals surface area contributed by atoms with Crippen LogP contribution in [0.3, 0.4) is 0 Å². The summed E-state index contributed by atoms with van der Waals surface area (Å²) in [6.45, 7) is 3.74. The van der Waals surface area contributed by atoms with Gasteiger partial charge in [-0.3, -0.25) is 0 Å². The minimum atomic E-state index is 1.07. The lowest BCUT2D eigenvalue weighted by molar-refractivity contribution is 1.60. The Morgan fingerprint density at radius 3 is 2.92 bits per heavy atom. The van der Waals surface area contributed by atoms with Gasteiger partial charge in [0.25, 0.3) is 0 Å². The fourth-order valence-electron chi connectivity index (χ4n) is 0.836. The molecule has 64 valence electrons. The van der Waals surface area contributed by atoms with Gasteiger partial charge in [-0.2, -0.15) is 0 Å². The number of halogens is 2. The lowest BCUT2D eigenvalue weighted by atomic mass is 10.2. The van der Waals surface area contributed by atoms with Crippen molar-refractivity contribution in [3.05, 3.63) is 34.8 Å². The first-order chi connectivity index (χ1) is 5.77. The quantitative estimate of drug-likeness (QED) is 0.632. The number of nitrogens with one attached hydrogen (secondary N) is 1. The molecule has 0 saturated heterocycles. The maximum absolute atomic E-state index is 3.74. The van der Waals surface area contributed by atoms with E-state index in [-0.39, 0.29) is 0 Å². The fraction of sp³-hybridized carbons (Fsp3) is 0. The summed E-state index contributed by atoms with van der Waals surface area (Å²) in [4.78, 5) is 0. The van der Waals surface area contributed by atoms with Crippen molar-refractivity contribution >= 4 is 58.0 Å². The zero-order valence-electron chi connectivity index (χ0n) is 6.18. The third-order valence-electron chi connectivity index (χ3n) is 1.38. The van der Waals surface area contributed by atoms with Crippen molar-refractivity contribution in [2.75, 3.05) is 4.72 Å². The fourth-order valence-corrected chi connectivity index (χ4v) is 2.17. The van der Waals surface area contributed by atoms with E-state index in [2.05, 4.69) is 48.4 Å². The summed E-state index contributed by atoms with van der Waals surface area (Å²) in [5, 5.41) is 0. The summed E-state index contributed by atoms with van der Waals surface area (Å²) < 4.78 is 4.24. The molecule has 0 saturated carbocycles. The number of rotatable bonds is 3. The molecule has 1 aromatic rings. The first kappa shape index (κ1) is 10.4. The molecule has 0 amide bonds. The smallest absolute Gasteiger partial charge is 0.0530 e. The van der Waals surface area contributed by atoms with Crippen molar-refractivity contribution in [1.29, 1.82) is 0 Å². The highest BCUT2D eigenvalue weighted by Gasteiger charge is 1.98. The second-order valence-electron chi connectivity index (χ2n) is 2.11. The van der Waals surface area contributed by atoms with E-state index in [1.807, 2.05) is 24.3 Å². The molecule has 1 aromatic carbocycles. The first-order valence-corrected chi connectivity index (χ1v) is 7.38. The largest absolute Gasteiger partial charge is 0.320 e. The summed E-state index contributed by atoms with van der Waals surface area (Å²) in [5.74, 6) is 0. The Balaban J connectivity index is 3.03. The van der Waals surface area contributed by atoms with E-state index in [1.54, 1.807) is 9.12 Å². The van der Waals surface area contributed by atoms with Gasteiger partial charge in [-0.15, -0.1) is 0 Å². The van der Waals surface area contributed by atoms with E-state index in [4.69, 9.17) is 0 Å². The molecule has 0 aliphatic rings. The molecule has 0 bridgehead atoms. The molecule has 0 aromatic heterocycles. The maximum Gasteiger partial charge on any atom is 0.0530 e. The van der Waals surface area contributed by atoms with Crippen LogP contribution in [0.4, 0.5) is 5.69 Å². The number of hydrogen-bond acceptors (Lipinski definition) is 2. The van der Waals surface area contributed by atoms with Crippen molar-refractivity contribution in [2.45, 2.75) is 0 Å². The van der Waals surface area contributed by atoms with Crippen molar-refractivity contribution in [3.63, 3.8) is 0 Å². The van der Waals surface area contributed by atoms with Crippen LogP contribution in [-0.2, 0) is 0 Å². The molecule has 4 heteroatoms. The van der Waals surface area contributed by atoms with Crippen molar-refractivity contribution in [2.24, 2.45) is 0 Å². The standard InChI is InChI=1S/C8H7BrINS/c1-2-6-3-4-7(9)5-8(6)11-12-10/h2-5,11H,1H2. The molecule has 0 fully saturated rings. The molecule has 1 rings (SSSR count). The van der Waals surface area contributed by atoms with Crippen LogP contribution in [0.2, 0.25) is 0 Å². The van der Waals surface area contributed by atoms with E-state index in [1.165, 1.54) is 0 Å². The number of benzene rings is 1. The Morgan fingerprint density at radius 1 is 1.58 bits per heavy atom. The summed E-state index contributed by atoms with van der Waals surface area (Å²) >= 11 is 5.60. The molecular weight excluding hydrogens is 349 g/mol. The SMILES string of the molecule is C=Cc1ccc(Br)cc1NSI. The molecule has 0 aliphatic heterocycles. The second kappa shape index (κ2) is 5.14. The summed E-state index contributed by atoms with van der Waals surface area (Å²) in [5.41, 5.74) is 2.20. The highest BCUT2D eigenvalue weighted by atomic mass is 127. The Labute approximate surface area is 96.9 Å². The maximum atomic E-state index is 3.74. The van der Waals surface area contributed by atoms with E-state index in [9.17, 15) is 0 Å². The lowest BCUT2D eigenvalue weighted by Gasteiger charge is -2.05. The van der Waals surface area contributed by atoms with Gasteiger partial charge in [0.05, 0.1) is 5.69 Å². The second-order valence-corrected chi connectivity index (χ2v) is 4.71. The van der Waals surface area contributed by atoms with Crippen LogP contribution in [0.1, 0.15) is 5.56 Å². The zero-order chi connectivity index (χ0) is 8.97. The Bertz CT molecular complexity index is 290. The molecule has 0 unspecified atom stereocenters. The molecule has 0 aliphatic carbocycles. The van der Waals surface area contributed by atoms with Crippen molar-refractivity contribution in [3.8, 4) is 0 Å². The Hall–Kier alpha value is 0.320. The summed E-state index contributed by atoms with van der Waals surface area (Å²) in [6.07, 6.45) is 1.83. The van der Waals surface area contributed by atoms with Gasteiger partial charge in [-0.1, -0.05) is 34.7 Å². The Morgan fingerprint density at radius 2 is 2.33 bits per heavy atom. The molecule has 12 heavy (non-hydrogen) atoms. The molecular formula is C8H7BrINS. The van der Waals surface area contributed by atoms with Gasteiger partial charge >= 0.3 is 0 Å². The van der Waals surface area contributed by atoms with Gasteiger partial charge in [0.15, 0.2) is 0 Å². The third-order valence-corrected chi connectivity index (χ3v) is 2.83. The predicted octanol–water partition coefficient (Wildman–Crippen LogP) is 4.50. The van der Waals surface area contributed by atoms with Gasteiger partial charge in [0.2, 0.25) is 0 Å². The number of anilines is 1. The Kier molecular flexibility index (Phi) is 4.45. The van der Waals surface area contributed by atoms with E-state index >= 15 is 0 Å². The molecule has 0 radical (unpaired) electrons. The summed E-state index contributed by atoms with van der Waals surface area (Å²) in [7, 11) is 1.54. The van der Waals surface area contributed by atoms with E-state index < -0.39 is 0 Å². The minimum absolute atomic E-state index is 1.07. The van der Waals surface area contributed by atoms with Crippen LogP contribution in [0.15, 0.2) is 29.3 Å². The highest BCUT2D eigenvalue weighted by molar-refractivity contribution is 14.2. The molecule has 0 spiro atoms. The van der Waals surface area contributed by atoms with Crippen molar-refractivity contribution < 1.29 is 0 Å². The van der Waals surface area contributed by atoms with Gasteiger partial charge in [-0.25, -0.2) is 0 Å². The molecule has 0 atom stereocenters. The molecule has 1 N–H and O–H groups in total. The van der Waals surface area contributed by atoms with Crippen molar-refractivity contribution in [1.82, 2.24) is 0 Å². The van der Waals surface area contributed by atoms with Crippen LogP contribution in [0.5, 0.6) is 0 Å². The average molecular weight is 356 g/mol. The van der Waals surface area contributed by atoms with E-state index in [0.717, 1.165) is 15.7 Å². The predicted molar refractivity (Wildman–Crippen MR) is 69.5 cm³/mol. The van der Waals surface area contributed by atoms with Gasteiger partial charge in [-0.05, 0) is 17.7 Å². The van der Waals surface area contributed by atoms with Crippen LogP contribution in [0, 0.1) is 0 Å². The van der Waals surface area contributed by atoms with Gasteiger partial charge in [0.1, 0.15) is 0 Å². The molecule has 1 nitrogen and oxygen atoms in total. The third kappa shape index (κ3) is 2.67. The average Bonchev–Trinajstić information content (AvgIpc) is 2.05. The van der Waals surface area contributed by atoms with Gasteiger partial charge in [0, 0.05) is 34.8 Å². The van der Waals surface area contributed by atoms with Gasteiger partial charge < -0.3 is 4.72 Å². The van der Waals surface area contributed by atoms with Crippen LogP contribution in [0.25, 0.3) is 6.08 Å². The van der Waals surface area contributed by atoms with Crippen LogP contribution >= 0.6 is 46.3 Å². The monoisotopic (exact) mass is 355 g/mol. The molecule has 0 heterocycles. The highest BCUT2D eigenvalue weighted by Crippen LogP contribution is 2.26. The lowest BCUT2D eigenvalue weighted by Crippen LogP contribution is -1.86. The normalized spacial score (nSPS) is 9.50. The summed E-state index contributed by atoms with van der Waals surface area (Å²) in [6, 6.07) is 6.05. The van der Waals surface area contributed by atoms with Crippen LogP contribution < -0.4 is 4.72 Å². The topological polar surface area (TPSA) is 12.0 Å². The zero-order valence-corrected chi connectivity index (χ0v) is 10.7. The van der Waals surface area contributed by atoms with E-state index in [0.29, 0.717) is 0 Å².